The van der Waals surface area contributed by atoms with E-state index in [-0.39, 0.29) is 22.2 Å². The summed E-state index contributed by atoms with van der Waals surface area (Å²) in [6.45, 7) is 2.01. The van der Waals surface area contributed by atoms with Crippen molar-refractivity contribution in [1.82, 2.24) is 14.9 Å². The highest BCUT2D eigenvalue weighted by molar-refractivity contribution is 5.71. The quantitative estimate of drug-likeness (QED) is 0.599. The first-order valence-corrected chi connectivity index (χ1v) is 11.1. The van der Waals surface area contributed by atoms with E-state index >= 15 is 0 Å². The van der Waals surface area contributed by atoms with Crippen molar-refractivity contribution in [3.05, 3.63) is 16.4 Å². The molecule has 5 fully saturated rings. The van der Waals surface area contributed by atoms with E-state index < -0.39 is 0 Å². The Morgan fingerprint density at radius 2 is 1.72 bits per heavy atom. The van der Waals surface area contributed by atoms with E-state index in [4.69, 9.17) is 0 Å². The smallest absolute Gasteiger partial charge is 0.353 e. The van der Waals surface area contributed by atoms with Gasteiger partial charge in [-0.1, -0.05) is 0 Å². The van der Waals surface area contributed by atoms with Gasteiger partial charge in [0.1, 0.15) is 6.33 Å². The maximum Gasteiger partial charge on any atom is 0.353 e. The summed E-state index contributed by atoms with van der Waals surface area (Å²) >= 11 is 0. The number of nitrogens with zero attached hydrogens (tertiary/aromatic N) is 5. The van der Waals surface area contributed by atoms with Crippen LogP contribution in [-0.2, 0) is 0 Å². The first kappa shape index (κ1) is 19.0. The molecule has 0 unspecified atom stereocenters. The van der Waals surface area contributed by atoms with Gasteiger partial charge in [0.05, 0.1) is 4.92 Å². The van der Waals surface area contributed by atoms with Crippen LogP contribution in [0, 0.1) is 27.9 Å². The van der Waals surface area contributed by atoms with Crippen LogP contribution in [0.15, 0.2) is 6.33 Å². The molecule has 158 valence electrons. The first-order chi connectivity index (χ1) is 13.9. The lowest BCUT2D eigenvalue weighted by Gasteiger charge is -2.57. The lowest BCUT2D eigenvalue weighted by atomic mass is 9.53. The van der Waals surface area contributed by atoms with E-state index in [2.05, 4.69) is 27.2 Å². The summed E-state index contributed by atoms with van der Waals surface area (Å²) in [5, 5.41) is 15.7. The number of hydrogen-bond donors (Lipinski definition) is 1. The molecule has 1 saturated heterocycles. The van der Waals surface area contributed by atoms with Gasteiger partial charge in [-0.15, -0.1) is 0 Å². The third-order valence-electron chi connectivity index (χ3n) is 7.98. The fourth-order valence-corrected chi connectivity index (χ4v) is 6.96. The molecular formula is C21H32N6O2. The van der Waals surface area contributed by atoms with Gasteiger partial charge >= 0.3 is 5.69 Å². The average Bonchev–Trinajstić information content (AvgIpc) is 2.66. The number of likely N-dealkylation sites (tertiary alicyclic amines) is 1. The number of piperidine rings is 1. The Labute approximate surface area is 172 Å². The minimum atomic E-state index is -0.288. The zero-order valence-corrected chi connectivity index (χ0v) is 17.5. The minimum Gasteiger partial charge on any atom is -0.359 e. The summed E-state index contributed by atoms with van der Waals surface area (Å²) in [4.78, 5) is 24.9. The summed E-state index contributed by atoms with van der Waals surface area (Å²) in [5.41, 5.74) is 0.0294. The normalized spacial score (nSPS) is 34.3. The monoisotopic (exact) mass is 400 g/mol. The molecule has 1 aromatic heterocycles. The molecule has 4 aliphatic carbocycles. The second-order valence-corrected chi connectivity index (χ2v) is 10.1. The predicted octanol–water partition coefficient (Wildman–Crippen LogP) is 3.30. The average molecular weight is 401 g/mol. The van der Waals surface area contributed by atoms with Crippen LogP contribution in [0.5, 0.6) is 0 Å². The van der Waals surface area contributed by atoms with Gasteiger partial charge in [-0.25, -0.2) is 9.97 Å². The molecule has 2 heterocycles. The van der Waals surface area contributed by atoms with Crippen molar-refractivity contribution in [2.24, 2.45) is 17.8 Å². The number of hydrogen-bond acceptors (Lipinski definition) is 7. The SMILES string of the molecule is CN1CCC(N(C)c2ncnc(NC34CC5CC(CC(C5)C3)C4)c2[N+](=O)[O-])CC1. The Hall–Kier alpha value is -1.96. The van der Waals surface area contributed by atoms with E-state index in [1.807, 2.05) is 11.9 Å². The van der Waals surface area contributed by atoms with Crippen LogP contribution in [0.2, 0.25) is 0 Å². The lowest BCUT2D eigenvalue weighted by Crippen LogP contribution is -2.55. The summed E-state index contributed by atoms with van der Waals surface area (Å²) in [7, 11) is 4.07. The summed E-state index contributed by atoms with van der Waals surface area (Å²) in [5.74, 6) is 3.19. The van der Waals surface area contributed by atoms with Crippen LogP contribution >= 0.6 is 0 Å². The van der Waals surface area contributed by atoms with Crippen LogP contribution in [0.25, 0.3) is 0 Å². The number of anilines is 2. The van der Waals surface area contributed by atoms with E-state index in [1.54, 1.807) is 0 Å². The van der Waals surface area contributed by atoms with Gasteiger partial charge in [-0.05, 0) is 89.3 Å². The number of aromatic nitrogens is 2. The first-order valence-electron chi connectivity index (χ1n) is 11.1. The minimum absolute atomic E-state index is 0.0166. The van der Waals surface area contributed by atoms with Gasteiger partial charge in [-0.2, -0.15) is 0 Å². The van der Waals surface area contributed by atoms with Gasteiger partial charge in [0.15, 0.2) is 0 Å². The van der Waals surface area contributed by atoms with Gasteiger partial charge in [-0.3, -0.25) is 10.1 Å². The maximum absolute atomic E-state index is 12.1. The Balaban J connectivity index is 1.43. The van der Waals surface area contributed by atoms with Crippen molar-refractivity contribution in [2.75, 3.05) is 37.4 Å². The predicted molar refractivity (Wildman–Crippen MR) is 112 cm³/mol. The summed E-state index contributed by atoms with van der Waals surface area (Å²) in [6, 6.07) is 0.271. The molecule has 1 aromatic rings. The molecule has 4 bridgehead atoms. The molecule has 0 aromatic carbocycles. The molecule has 0 spiro atoms. The second kappa shape index (κ2) is 7.07. The molecule has 0 radical (unpaired) electrons. The van der Waals surface area contributed by atoms with Gasteiger partial charge < -0.3 is 15.1 Å². The Morgan fingerprint density at radius 3 is 2.28 bits per heavy atom. The fraction of sp³-hybridized carbons (Fsp3) is 0.810. The van der Waals surface area contributed by atoms with Gasteiger partial charge in [0, 0.05) is 18.6 Å². The second-order valence-electron chi connectivity index (χ2n) is 10.1. The molecular weight excluding hydrogens is 368 g/mol. The van der Waals surface area contributed by atoms with Crippen molar-refractivity contribution in [3.63, 3.8) is 0 Å². The van der Waals surface area contributed by atoms with E-state index in [1.165, 1.54) is 25.6 Å². The molecule has 0 amide bonds. The highest BCUT2D eigenvalue weighted by Gasteiger charge is 2.51. The largest absolute Gasteiger partial charge is 0.359 e. The van der Waals surface area contributed by atoms with Crippen molar-refractivity contribution < 1.29 is 4.92 Å². The summed E-state index contributed by atoms with van der Waals surface area (Å²) in [6.07, 6.45) is 10.9. The Morgan fingerprint density at radius 1 is 1.14 bits per heavy atom. The highest BCUT2D eigenvalue weighted by Crippen LogP contribution is 2.57. The Bertz CT molecular complexity index is 756. The zero-order chi connectivity index (χ0) is 20.2. The third kappa shape index (κ3) is 3.45. The molecule has 8 nitrogen and oxygen atoms in total. The van der Waals surface area contributed by atoms with Crippen molar-refractivity contribution in [2.45, 2.75) is 62.9 Å². The highest BCUT2D eigenvalue weighted by atomic mass is 16.6. The molecule has 6 rings (SSSR count). The zero-order valence-electron chi connectivity index (χ0n) is 17.5. The third-order valence-corrected chi connectivity index (χ3v) is 7.98. The molecule has 5 aliphatic rings. The molecule has 0 atom stereocenters. The van der Waals surface area contributed by atoms with Crippen LogP contribution in [0.4, 0.5) is 17.3 Å². The van der Waals surface area contributed by atoms with Crippen LogP contribution in [0.3, 0.4) is 0 Å². The van der Waals surface area contributed by atoms with Crippen LogP contribution < -0.4 is 10.2 Å². The topological polar surface area (TPSA) is 87.4 Å². The Kier molecular flexibility index (Phi) is 4.64. The van der Waals surface area contributed by atoms with Crippen molar-refractivity contribution in [3.8, 4) is 0 Å². The number of nitrogens with one attached hydrogen (secondary N) is 1. The molecule has 29 heavy (non-hydrogen) atoms. The van der Waals surface area contributed by atoms with Crippen molar-refractivity contribution in [1.29, 1.82) is 0 Å². The maximum atomic E-state index is 12.1. The van der Waals surface area contributed by atoms with Crippen molar-refractivity contribution >= 4 is 17.3 Å². The molecule has 1 N–H and O–H groups in total. The van der Waals surface area contributed by atoms with Gasteiger partial charge in [0.2, 0.25) is 11.6 Å². The standard InChI is InChI=1S/C21H32N6O2/c1-25-5-3-17(4-6-25)26(2)20-18(27(28)29)19(22-13-23-20)24-21-10-14-7-15(11-21)9-16(8-14)12-21/h13-17H,3-12H2,1-2H3,(H,22,23,24). The molecule has 4 saturated carbocycles. The van der Waals surface area contributed by atoms with E-state index in [9.17, 15) is 10.1 Å². The molecule has 1 aliphatic heterocycles. The van der Waals surface area contributed by atoms with E-state index in [0.29, 0.717) is 11.6 Å². The summed E-state index contributed by atoms with van der Waals surface area (Å²) < 4.78 is 0. The lowest BCUT2D eigenvalue weighted by molar-refractivity contribution is -0.383. The number of nitro groups is 1. The molecule has 8 heteroatoms. The van der Waals surface area contributed by atoms with Crippen LogP contribution in [-0.4, -0.2) is 58.6 Å². The number of rotatable bonds is 5. The fourth-order valence-electron chi connectivity index (χ4n) is 6.96. The van der Waals surface area contributed by atoms with Crippen LogP contribution in [0.1, 0.15) is 51.4 Å². The van der Waals surface area contributed by atoms with E-state index in [0.717, 1.165) is 62.9 Å². The van der Waals surface area contributed by atoms with Gasteiger partial charge in [0.25, 0.3) is 0 Å².